The van der Waals surface area contributed by atoms with Gasteiger partial charge >= 0.3 is 0 Å². The van der Waals surface area contributed by atoms with E-state index in [-0.39, 0.29) is 18.1 Å². The minimum atomic E-state index is -0.287. The average molecular weight is 391 g/mol. The molecule has 0 aliphatic rings. The van der Waals surface area contributed by atoms with Crippen LogP contribution in [0.5, 0.6) is 0 Å². The highest BCUT2D eigenvalue weighted by molar-refractivity contribution is 5.95. The van der Waals surface area contributed by atoms with Gasteiger partial charge in [-0.05, 0) is 36.8 Å². The minimum absolute atomic E-state index is 0.168. The third-order valence-corrected chi connectivity index (χ3v) is 4.46. The second-order valence-corrected chi connectivity index (χ2v) is 6.56. The Morgan fingerprint density at radius 1 is 1.21 bits per heavy atom. The lowest BCUT2D eigenvalue weighted by Crippen LogP contribution is -2.13. The molecule has 2 heterocycles. The van der Waals surface area contributed by atoms with Crippen LogP contribution in [0, 0.1) is 12.7 Å². The summed E-state index contributed by atoms with van der Waals surface area (Å²) in [4.78, 5) is 16.7. The molecule has 0 spiro atoms. The zero-order valence-corrected chi connectivity index (χ0v) is 15.6. The van der Waals surface area contributed by atoms with E-state index in [0.29, 0.717) is 35.0 Å². The molecule has 2 N–H and O–H groups in total. The van der Waals surface area contributed by atoms with Crippen molar-refractivity contribution in [1.82, 2.24) is 20.3 Å². The number of hydrogen-bond donors (Lipinski definition) is 2. The number of halogens is 1. The van der Waals surface area contributed by atoms with Gasteiger partial charge in [0.05, 0.1) is 6.20 Å². The summed E-state index contributed by atoms with van der Waals surface area (Å²) in [6.45, 7) is 1.67. The highest BCUT2D eigenvalue weighted by Crippen LogP contribution is 2.27. The van der Waals surface area contributed by atoms with Crippen molar-refractivity contribution < 1.29 is 13.7 Å². The number of rotatable bonds is 6. The molecule has 4 rings (SSSR count). The van der Waals surface area contributed by atoms with Gasteiger partial charge in [0.25, 0.3) is 0 Å². The van der Waals surface area contributed by atoms with E-state index in [1.54, 1.807) is 31.5 Å². The van der Waals surface area contributed by atoms with Gasteiger partial charge in [0.15, 0.2) is 0 Å². The Labute approximate surface area is 166 Å². The van der Waals surface area contributed by atoms with Crippen molar-refractivity contribution in [2.45, 2.75) is 19.8 Å². The molecule has 29 heavy (non-hydrogen) atoms. The summed E-state index contributed by atoms with van der Waals surface area (Å²) in [5.74, 6) is 0.261. The van der Waals surface area contributed by atoms with Gasteiger partial charge in [-0.25, -0.2) is 4.39 Å². The molecule has 0 fully saturated rings. The number of anilines is 1. The number of nitrogens with zero attached hydrogens (tertiary/aromatic N) is 3. The minimum Gasteiger partial charge on any atom is -0.339 e. The molecule has 2 aromatic heterocycles. The second-order valence-electron chi connectivity index (χ2n) is 6.56. The molecular formula is C21H18FN5O2. The van der Waals surface area contributed by atoms with Gasteiger partial charge in [-0.2, -0.15) is 10.1 Å². The number of amides is 1. The van der Waals surface area contributed by atoms with E-state index >= 15 is 0 Å². The van der Waals surface area contributed by atoms with E-state index in [0.717, 1.165) is 11.1 Å². The Hall–Kier alpha value is -3.81. The van der Waals surface area contributed by atoms with Crippen LogP contribution in [-0.2, 0) is 11.2 Å². The summed E-state index contributed by atoms with van der Waals surface area (Å²) < 4.78 is 18.6. The van der Waals surface area contributed by atoms with E-state index in [9.17, 15) is 9.18 Å². The first kappa shape index (κ1) is 18.5. The molecule has 2 aromatic carbocycles. The van der Waals surface area contributed by atoms with E-state index in [4.69, 9.17) is 4.52 Å². The predicted octanol–water partition coefficient (Wildman–Crippen LogP) is 4.15. The van der Waals surface area contributed by atoms with Crippen molar-refractivity contribution in [2.24, 2.45) is 0 Å². The molecule has 1 amide bonds. The quantitative estimate of drug-likeness (QED) is 0.515. The van der Waals surface area contributed by atoms with Crippen molar-refractivity contribution in [2.75, 3.05) is 5.32 Å². The maximum absolute atomic E-state index is 13.4. The number of benzene rings is 2. The molecule has 0 aliphatic carbocycles. The Balaban J connectivity index is 1.40. The summed E-state index contributed by atoms with van der Waals surface area (Å²) in [7, 11) is 0. The Morgan fingerprint density at radius 2 is 2.07 bits per heavy atom. The third-order valence-electron chi connectivity index (χ3n) is 4.46. The number of aryl methyl sites for hydroxylation is 2. The molecule has 0 bridgehead atoms. The van der Waals surface area contributed by atoms with Crippen LogP contribution in [0.25, 0.3) is 22.5 Å². The van der Waals surface area contributed by atoms with E-state index < -0.39 is 0 Å². The molecule has 0 atom stereocenters. The lowest BCUT2D eigenvalue weighted by molar-refractivity contribution is -0.116. The fourth-order valence-electron chi connectivity index (χ4n) is 2.93. The van der Waals surface area contributed by atoms with Gasteiger partial charge < -0.3 is 9.84 Å². The van der Waals surface area contributed by atoms with Crippen LogP contribution in [0.4, 0.5) is 10.1 Å². The molecule has 7 nitrogen and oxygen atoms in total. The number of carbonyl (C=O) groups excluding carboxylic acids is 1. The zero-order chi connectivity index (χ0) is 20.2. The number of aromatic amines is 1. The normalized spacial score (nSPS) is 10.8. The van der Waals surface area contributed by atoms with Gasteiger partial charge in [-0.3, -0.25) is 9.89 Å². The lowest BCUT2D eigenvalue weighted by atomic mass is 10.1. The van der Waals surface area contributed by atoms with Crippen molar-refractivity contribution in [3.8, 4) is 22.5 Å². The number of carbonyl (C=O) groups is 1. The molecule has 4 aromatic rings. The van der Waals surface area contributed by atoms with E-state index in [2.05, 4.69) is 25.7 Å². The molecule has 0 unspecified atom stereocenters. The summed E-state index contributed by atoms with van der Waals surface area (Å²) in [5, 5.41) is 13.5. The van der Waals surface area contributed by atoms with Crippen molar-refractivity contribution in [1.29, 1.82) is 0 Å². The van der Waals surface area contributed by atoms with Crippen LogP contribution in [-0.4, -0.2) is 26.2 Å². The van der Waals surface area contributed by atoms with Gasteiger partial charge in [0.2, 0.25) is 17.6 Å². The van der Waals surface area contributed by atoms with Crippen LogP contribution >= 0.6 is 0 Å². The van der Waals surface area contributed by atoms with E-state index in [1.165, 1.54) is 6.07 Å². The molecule has 0 radical (unpaired) electrons. The van der Waals surface area contributed by atoms with Crippen molar-refractivity contribution in [3.63, 3.8) is 0 Å². The first-order chi connectivity index (χ1) is 14.1. The number of nitrogens with one attached hydrogen (secondary N) is 2. The molecule has 0 aliphatic heterocycles. The lowest BCUT2D eigenvalue weighted by Gasteiger charge is -2.09. The fraction of sp³-hybridized carbons (Fsp3) is 0.143. The summed E-state index contributed by atoms with van der Waals surface area (Å²) in [6.07, 6.45) is 3.95. The SMILES string of the molecule is Cc1cc(-c2noc(CCC(=O)Nc3ccccc3-c3cn[nH]c3)n2)ccc1F. The maximum Gasteiger partial charge on any atom is 0.227 e. The van der Waals surface area contributed by atoms with Crippen LogP contribution in [0.2, 0.25) is 0 Å². The molecule has 8 heteroatoms. The fourth-order valence-corrected chi connectivity index (χ4v) is 2.93. The first-order valence-electron chi connectivity index (χ1n) is 9.07. The summed E-state index contributed by atoms with van der Waals surface area (Å²) in [6, 6.07) is 12.1. The highest BCUT2D eigenvalue weighted by atomic mass is 19.1. The predicted molar refractivity (Wildman–Crippen MR) is 105 cm³/mol. The van der Waals surface area contributed by atoms with Crippen LogP contribution < -0.4 is 5.32 Å². The molecule has 146 valence electrons. The third kappa shape index (κ3) is 4.21. The average Bonchev–Trinajstić information content (AvgIpc) is 3.41. The topological polar surface area (TPSA) is 96.7 Å². The summed E-state index contributed by atoms with van der Waals surface area (Å²) >= 11 is 0. The van der Waals surface area contributed by atoms with Crippen LogP contribution in [0.3, 0.4) is 0 Å². The largest absolute Gasteiger partial charge is 0.339 e. The first-order valence-corrected chi connectivity index (χ1v) is 9.07. The van der Waals surface area contributed by atoms with Crippen LogP contribution in [0.1, 0.15) is 17.9 Å². The monoisotopic (exact) mass is 391 g/mol. The van der Waals surface area contributed by atoms with Crippen LogP contribution in [0.15, 0.2) is 59.4 Å². The number of hydrogen-bond acceptors (Lipinski definition) is 5. The molecule has 0 saturated heterocycles. The summed E-state index contributed by atoms with van der Waals surface area (Å²) in [5.41, 5.74) is 3.63. The number of aromatic nitrogens is 4. The standard InChI is InChI=1S/C21H18FN5O2/c1-13-10-14(6-7-17(13)22)21-26-20(29-27-21)9-8-19(28)25-18-5-3-2-4-16(18)15-11-23-24-12-15/h2-7,10-12H,8-9H2,1H3,(H,23,24)(H,25,28). The Morgan fingerprint density at radius 3 is 2.86 bits per heavy atom. The second kappa shape index (κ2) is 8.05. The number of para-hydroxylation sites is 1. The zero-order valence-electron chi connectivity index (χ0n) is 15.6. The van der Waals surface area contributed by atoms with E-state index in [1.807, 2.05) is 24.3 Å². The van der Waals surface area contributed by atoms with Crippen molar-refractivity contribution >= 4 is 11.6 Å². The van der Waals surface area contributed by atoms with Gasteiger partial charge in [-0.1, -0.05) is 23.4 Å². The van der Waals surface area contributed by atoms with Gasteiger partial charge in [0, 0.05) is 41.4 Å². The maximum atomic E-state index is 13.4. The highest BCUT2D eigenvalue weighted by Gasteiger charge is 2.13. The smallest absolute Gasteiger partial charge is 0.227 e. The van der Waals surface area contributed by atoms with Gasteiger partial charge in [-0.15, -0.1) is 0 Å². The Bertz CT molecular complexity index is 1140. The molecule has 0 saturated carbocycles. The molecular weight excluding hydrogens is 373 g/mol. The number of H-pyrrole nitrogens is 1. The Kier molecular flexibility index (Phi) is 5.15. The van der Waals surface area contributed by atoms with Gasteiger partial charge in [0.1, 0.15) is 5.82 Å². The van der Waals surface area contributed by atoms with Crippen molar-refractivity contribution in [3.05, 3.63) is 72.1 Å².